The highest BCUT2D eigenvalue weighted by molar-refractivity contribution is 5.97. The Bertz CT molecular complexity index is 504. The van der Waals surface area contributed by atoms with Crippen LogP contribution in [0.25, 0.3) is 0 Å². The quantitative estimate of drug-likeness (QED) is 0.898. The molecule has 114 valence electrons. The first kappa shape index (κ1) is 15.5. The Balaban J connectivity index is 2.28. The third-order valence-electron chi connectivity index (χ3n) is 4.20. The van der Waals surface area contributed by atoms with Gasteiger partial charge in [-0.3, -0.25) is 14.6 Å². The molecule has 0 spiro atoms. The summed E-state index contributed by atoms with van der Waals surface area (Å²) in [6.07, 6.45) is 4.89. The predicted octanol–water partition coefficient (Wildman–Crippen LogP) is 1.73. The topological polar surface area (TPSA) is 62.3 Å². The largest absolute Gasteiger partial charge is 0.343 e. The van der Waals surface area contributed by atoms with Gasteiger partial charge in [-0.2, -0.15) is 0 Å². The number of nitrogens with one attached hydrogen (secondary N) is 1. The van der Waals surface area contributed by atoms with Gasteiger partial charge in [-0.25, -0.2) is 0 Å². The van der Waals surface area contributed by atoms with E-state index < -0.39 is 12.1 Å². The highest BCUT2D eigenvalue weighted by atomic mass is 16.2. The molecule has 1 aromatic heterocycles. The van der Waals surface area contributed by atoms with Gasteiger partial charge in [-0.15, -0.1) is 0 Å². The van der Waals surface area contributed by atoms with E-state index in [1.165, 1.54) is 0 Å². The van der Waals surface area contributed by atoms with Crippen LogP contribution in [-0.2, 0) is 16.1 Å². The minimum Gasteiger partial charge on any atom is -0.343 e. The van der Waals surface area contributed by atoms with Gasteiger partial charge in [0.25, 0.3) is 0 Å². The van der Waals surface area contributed by atoms with Gasteiger partial charge in [-0.05, 0) is 30.0 Å². The van der Waals surface area contributed by atoms with Gasteiger partial charge >= 0.3 is 0 Å². The molecule has 1 aliphatic heterocycles. The van der Waals surface area contributed by atoms with Crippen molar-refractivity contribution in [3.8, 4) is 0 Å². The number of rotatable bonds is 5. The van der Waals surface area contributed by atoms with Crippen molar-refractivity contribution in [3.05, 3.63) is 30.1 Å². The molecule has 1 fully saturated rings. The Morgan fingerprint density at radius 1 is 1.29 bits per heavy atom. The molecule has 3 unspecified atom stereocenters. The highest BCUT2D eigenvalue weighted by Crippen LogP contribution is 2.23. The van der Waals surface area contributed by atoms with Crippen LogP contribution in [0.15, 0.2) is 24.5 Å². The maximum Gasteiger partial charge on any atom is 0.246 e. The minimum absolute atomic E-state index is 0.0132. The van der Waals surface area contributed by atoms with E-state index in [1.54, 1.807) is 17.3 Å². The molecule has 0 saturated carbocycles. The fourth-order valence-corrected chi connectivity index (χ4v) is 2.72. The molecular weight excluding hydrogens is 266 g/mol. The summed E-state index contributed by atoms with van der Waals surface area (Å²) in [6.45, 7) is 6.43. The first-order chi connectivity index (χ1) is 10.1. The molecule has 2 heterocycles. The molecule has 2 rings (SSSR count). The molecule has 0 aliphatic carbocycles. The second-order valence-electron chi connectivity index (χ2n) is 5.62. The van der Waals surface area contributed by atoms with Gasteiger partial charge in [0.15, 0.2) is 0 Å². The van der Waals surface area contributed by atoms with Gasteiger partial charge in [0.1, 0.15) is 12.1 Å². The summed E-state index contributed by atoms with van der Waals surface area (Å²) in [5.74, 6) is 0.109. The Hall–Kier alpha value is -1.91. The standard InChI is InChI=1S/C16H23N3O2/c1-4-11(3)14-15(20)18-13(5-2)16(21)19(14)10-12-6-8-17-9-7-12/h6-9,11,13-14H,4-5,10H2,1-3H3,(H,18,20). The highest BCUT2D eigenvalue weighted by Gasteiger charge is 2.41. The zero-order valence-corrected chi connectivity index (χ0v) is 12.9. The van der Waals surface area contributed by atoms with Crippen LogP contribution < -0.4 is 5.32 Å². The van der Waals surface area contributed by atoms with Gasteiger partial charge in [0, 0.05) is 18.9 Å². The van der Waals surface area contributed by atoms with E-state index in [1.807, 2.05) is 32.9 Å². The maximum absolute atomic E-state index is 12.6. The third-order valence-corrected chi connectivity index (χ3v) is 4.20. The zero-order chi connectivity index (χ0) is 15.4. The summed E-state index contributed by atoms with van der Waals surface area (Å²) in [5.41, 5.74) is 0.996. The lowest BCUT2D eigenvalue weighted by Crippen LogP contribution is -2.64. The number of amides is 2. The van der Waals surface area contributed by atoms with Crippen molar-refractivity contribution in [2.45, 2.75) is 52.2 Å². The fourth-order valence-electron chi connectivity index (χ4n) is 2.72. The van der Waals surface area contributed by atoms with E-state index >= 15 is 0 Å². The summed E-state index contributed by atoms with van der Waals surface area (Å²) >= 11 is 0. The van der Waals surface area contributed by atoms with E-state index in [4.69, 9.17) is 0 Å². The van der Waals surface area contributed by atoms with Crippen LogP contribution in [0.2, 0.25) is 0 Å². The van der Waals surface area contributed by atoms with Crippen LogP contribution in [0, 0.1) is 5.92 Å². The van der Waals surface area contributed by atoms with Crippen LogP contribution in [0.1, 0.15) is 39.2 Å². The van der Waals surface area contributed by atoms with E-state index in [-0.39, 0.29) is 17.7 Å². The van der Waals surface area contributed by atoms with Crippen molar-refractivity contribution < 1.29 is 9.59 Å². The van der Waals surface area contributed by atoms with Crippen LogP contribution >= 0.6 is 0 Å². The van der Waals surface area contributed by atoms with Gasteiger partial charge in [0.05, 0.1) is 0 Å². The van der Waals surface area contributed by atoms with Gasteiger partial charge < -0.3 is 10.2 Å². The number of hydrogen-bond donors (Lipinski definition) is 1. The first-order valence-electron chi connectivity index (χ1n) is 7.58. The predicted molar refractivity (Wildman–Crippen MR) is 80.3 cm³/mol. The van der Waals surface area contributed by atoms with Crippen molar-refractivity contribution in [2.24, 2.45) is 5.92 Å². The number of carbonyl (C=O) groups is 2. The summed E-state index contributed by atoms with van der Waals surface area (Å²) in [5, 5.41) is 2.85. The Labute approximate surface area is 125 Å². The normalized spacial score (nSPS) is 23.9. The van der Waals surface area contributed by atoms with Crippen LogP contribution in [0.3, 0.4) is 0 Å². The van der Waals surface area contributed by atoms with Crippen molar-refractivity contribution in [3.63, 3.8) is 0 Å². The molecule has 1 aromatic rings. The summed E-state index contributed by atoms with van der Waals surface area (Å²) in [4.78, 5) is 30.7. The lowest BCUT2D eigenvalue weighted by Gasteiger charge is -2.41. The number of hydrogen-bond acceptors (Lipinski definition) is 3. The van der Waals surface area contributed by atoms with Crippen molar-refractivity contribution in [1.82, 2.24) is 15.2 Å². The van der Waals surface area contributed by atoms with Crippen LogP contribution in [0.4, 0.5) is 0 Å². The molecule has 5 nitrogen and oxygen atoms in total. The van der Waals surface area contributed by atoms with E-state index in [9.17, 15) is 9.59 Å². The molecule has 5 heteroatoms. The number of pyridine rings is 1. The Morgan fingerprint density at radius 2 is 1.95 bits per heavy atom. The van der Waals surface area contributed by atoms with Crippen LogP contribution in [0.5, 0.6) is 0 Å². The summed E-state index contributed by atoms with van der Waals surface area (Å²) in [6, 6.07) is 2.97. The summed E-state index contributed by atoms with van der Waals surface area (Å²) in [7, 11) is 0. The molecule has 21 heavy (non-hydrogen) atoms. The molecule has 1 aliphatic rings. The monoisotopic (exact) mass is 289 g/mol. The zero-order valence-electron chi connectivity index (χ0n) is 12.9. The third kappa shape index (κ3) is 3.23. The smallest absolute Gasteiger partial charge is 0.246 e. The second kappa shape index (κ2) is 6.70. The van der Waals surface area contributed by atoms with Crippen molar-refractivity contribution in [1.29, 1.82) is 0 Å². The Morgan fingerprint density at radius 3 is 2.52 bits per heavy atom. The summed E-state index contributed by atoms with van der Waals surface area (Å²) < 4.78 is 0. The maximum atomic E-state index is 12.6. The molecule has 0 aromatic carbocycles. The molecule has 0 radical (unpaired) electrons. The Kier molecular flexibility index (Phi) is 4.94. The average Bonchev–Trinajstić information content (AvgIpc) is 2.51. The number of nitrogens with zero attached hydrogens (tertiary/aromatic N) is 2. The molecule has 2 amide bonds. The van der Waals surface area contributed by atoms with Gasteiger partial charge in [0.2, 0.25) is 11.8 Å². The number of piperazine rings is 1. The lowest BCUT2D eigenvalue weighted by atomic mass is 9.92. The molecule has 1 N–H and O–H groups in total. The molecule has 1 saturated heterocycles. The molecular formula is C16H23N3O2. The van der Waals surface area contributed by atoms with E-state index in [0.717, 1.165) is 12.0 Å². The molecule has 0 bridgehead atoms. The lowest BCUT2D eigenvalue weighted by molar-refractivity contribution is -0.152. The SMILES string of the molecule is CCC1NC(=O)C(C(C)CC)N(Cc2ccncc2)C1=O. The number of carbonyl (C=O) groups excluding carboxylic acids is 2. The molecule has 3 atom stereocenters. The van der Waals surface area contributed by atoms with Crippen molar-refractivity contribution in [2.75, 3.05) is 0 Å². The average molecular weight is 289 g/mol. The number of aromatic nitrogens is 1. The minimum atomic E-state index is -0.403. The first-order valence-corrected chi connectivity index (χ1v) is 7.58. The van der Waals surface area contributed by atoms with Crippen LogP contribution in [-0.4, -0.2) is 33.8 Å². The van der Waals surface area contributed by atoms with E-state index in [2.05, 4.69) is 10.3 Å². The fraction of sp³-hybridized carbons (Fsp3) is 0.562. The van der Waals surface area contributed by atoms with E-state index in [0.29, 0.717) is 13.0 Å². The van der Waals surface area contributed by atoms with Gasteiger partial charge in [-0.1, -0.05) is 27.2 Å². The van der Waals surface area contributed by atoms with Crippen molar-refractivity contribution >= 4 is 11.8 Å². The second-order valence-corrected chi connectivity index (χ2v) is 5.62.